The van der Waals surface area contributed by atoms with Crippen LogP contribution in [0, 0.1) is 18.4 Å². The lowest BCUT2D eigenvalue weighted by atomic mass is 9.99. The molecule has 1 aliphatic rings. The van der Waals surface area contributed by atoms with E-state index in [1.54, 1.807) is 13.8 Å². The molecule has 0 spiro atoms. The number of hydrogen-bond acceptors (Lipinski definition) is 10. The normalized spacial score (nSPS) is 24.0. The number of ether oxygens (including phenoxy) is 4. The van der Waals surface area contributed by atoms with Gasteiger partial charge in [0, 0.05) is 6.42 Å². The maximum Gasteiger partial charge on any atom is 0.510 e. The van der Waals surface area contributed by atoms with Crippen molar-refractivity contribution in [2.45, 2.75) is 44.3 Å². The van der Waals surface area contributed by atoms with Crippen LogP contribution in [0.3, 0.4) is 0 Å². The minimum Gasteiger partial charge on any atom is -0.432 e. The number of terminal acetylenes is 1. The number of anilines is 1. The Morgan fingerprint density at radius 2 is 2.34 bits per heavy atom. The van der Waals surface area contributed by atoms with Crippen LogP contribution in [0.5, 0.6) is 0 Å². The summed E-state index contributed by atoms with van der Waals surface area (Å²) in [5.74, 6) is 2.25. The lowest BCUT2D eigenvalue weighted by Crippen LogP contribution is -2.42. The summed E-state index contributed by atoms with van der Waals surface area (Å²) in [4.78, 5) is 22.5. The van der Waals surface area contributed by atoms with Crippen LogP contribution >= 0.6 is 0 Å². The topological polar surface area (TPSA) is 144 Å². The van der Waals surface area contributed by atoms with E-state index in [1.807, 2.05) is 0 Å². The Balaban J connectivity index is 1.69. The molecule has 1 saturated heterocycles. The largest absolute Gasteiger partial charge is 0.510 e. The number of fused-ring (bicyclic) bond motifs is 1. The van der Waals surface area contributed by atoms with Gasteiger partial charge in [-0.1, -0.05) is 5.92 Å². The minimum atomic E-state index is -1.52. The molecular formula is C17H20FN5O6. The smallest absolute Gasteiger partial charge is 0.432 e. The van der Waals surface area contributed by atoms with Gasteiger partial charge in [0.2, 0.25) is 0 Å². The number of imidazole rings is 1. The highest BCUT2D eigenvalue weighted by molar-refractivity contribution is 5.81. The summed E-state index contributed by atoms with van der Waals surface area (Å²) in [6.45, 7) is 2.62. The molecule has 0 unspecified atom stereocenters. The van der Waals surface area contributed by atoms with E-state index in [0.29, 0.717) is 0 Å². The Morgan fingerprint density at radius 1 is 1.59 bits per heavy atom. The SMILES string of the molecule is C#C[C@]1(COCOC(=O)OC(C)C)O[C@@H](n2cnc3c(N)nc(F)nc32)C[C@@H]1O. The number of nitrogens with zero attached hydrogens (tertiary/aromatic N) is 4. The molecule has 0 aromatic carbocycles. The first-order valence-corrected chi connectivity index (χ1v) is 8.66. The lowest BCUT2D eigenvalue weighted by Gasteiger charge is -2.26. The number of carbonyl (C=O) groups excluding carboxylic acids is 1. The summed E-state index contributed by atoms with van der Waals surface area (Å²) in [5, 5.41) is 10.5. The highest BCUT2D eigenvalue weighted by Crippen LogP contribution is 2.38. The molecular weight excluding hydrogens is 389 g/mol. The molecule has 0 amide bonds. The van der Waals surface area contributed by atoms with Gasteiger partial charge in [-0.15, -0.1) is 6.42 Å². The van der Waals surface area contributed by atoms with E-state index < -0.39 is 37.0 Å². The number of aliphatic hydroxyl groups is 1. The second-order valence-electron chi connectivity index (χ2n) is 6.59. The molecule has 3 heterocycles. The van der Waals surface area contributed by atoms with Gasteiger partial charge in [-0.2, -0.15) is 14.4 Å². The summed E-state index contributed by atoms with van der Waals surface area (Å²) >= 11 is 0. The average Bonchev–Trinajstić information content (AvgIpc) is 3.20. The fraction of sp³-hybridized carbons (Fsp3) is 0.529. The summed E-state index contributed by atoms with van der Waals surface area (Å²) in [7, 11) is 0. The van der Waals surface area contributed by atoms with Gasteiger partial charge in [0.25, 0.3) is 0 Å². The summed E-state index contributed by atoms with van der Waals surface area (Å²) in [6.07, 6.45) is 2.77. The van der Waals surface area contributed by atoms with Crippen LogP contribution in [0.4, 0.5) is 15.0 Å². The predicted octanol–water partition coefficient (Wildman–Crippen LogP) is 0.735. The van der Waals surface area contributed by atoms with Crippen molar-refractivity contribution in [3.8, 4) is 12.3 Å². The van der Waals surface area contributed by atoms with E-state index in [-0.39, 0.29) is 36.1 Å². The second-order valence-corrected chi connectivity index (χ2v) is 6.59. The molecule has 3 atom stereocenters. The van der Waals surface area contributed by atoms with Crippen molar-refractivity contribution in [2.24, 2.45) is 0 Å². The first kappa shape index (κ1) is 20.7. The number of aromatic nitrogens is 4. The fourth-order valence-electron chi connectivity index (χ4n) is 2.85. The van der Waals surface area contributed by atoms with Crippen LogP contribution in [0.25, 0.3) is 11.2 Å². The first-order chi connectivity index (χ1) is 13.8. The molecule has 156 valence electrons. The predicted molar refractivity (Wildman–Crippen MR) is 95.5 cm³/mol. The molecule has 2 aromatic heterocycles. The van der Waals surface area contributed by atoms with Crippen molar-refractivity contribution >= 4 is 23.1 Å². The maximum absolute atomic E-state index is 13.5. The van der Waals surface area contributed by atoms with Gasteiger partial charge in [0.05, 0.1) is 19.0 Å². The third-order valence-electron chi connectivity index (χ3n) is 4.19. The Labute approximate surface area is 164 Å². The fourth-order valence-corrected chi connectivity index (χ4v) is 2.85. The minimum absolute atomic E-state index is 0.0563. The van der Waals surface area contributed by atoms with Gasteiger partial charge in [-0.25, -0.2) is 9.78 Å². The van der Waals surface area contributed by atoms with E-state index in [0.717, 1.165) is 0 Å². The van der Waals surface area contributed by atoms with E-state index in [1.165, 1.54) is 10.9 Å². The molecule has 0 aliphatic carbocycles. The molecule has 1 fully saturated rings. The highest BCUT2D eigenvalue weighted by atomic mass is 19.1. The second kappa shape index (κ2) is 8.16. The summed E-state index contributed by atoms with van der Waals surface area (Å²) < 4.78 is 35.6. The van der Waals surface area contributed by atoms with Crippen molar-refractivity contribution < 1.29 is 33.2 Å². The van der Waals surface area contributed by atoms with Crippen LogP contribution in [0.1, 0.15) is 26.5 Å². The quantitative estimate of drug-likeness (QED) is 0.230. The number of aliphatic hydroxyl groups excluding tert-OH is 1. The van der Waals surface area contributed by atoms with Crippen LogP contribution in [-0.2, 0) is 18.9 Å². The molecule has 11 nitrogen and oxygen atoms in total. The number of halogens is 1. The van der Waals surface area contributed by atoms with Crippen LogP contribution in [0.15, 0.2) is 6.33 Å². The molecule has 3 N–H and O–H groups in total. The summed E-state index contributed by atoms with van der Waals surface area (Å²) in [6, 6.07) is 0. The maximum atomic E-state index is 13.5. The van der Waals surface area contributed by atoms with Gasteiger partial charge in [-0.3, -0.25) is 4.57 Å². The molecule has 1 aliphatic heterocycles. The summed E-state index contributed by atoms with van der Waals surface area (Å²) in [5.41, 5.74) is 4.41. The van der Waals surface area contributed by atoms with Crippen molar-refractivity contribution in [2.75, 3.05) is 19.1 Å². The van der Waals surface area contributed by atoms with E-state index in [9.17, 15) is 14.3 Å². The van der Waals surface area contributed by atoms with Crippen molar-refractivity contribution in [3.05, 3.63) is 12.4 Å². The number of rotatable bonds is 6. The molecule has 12 heteroatoms. The monoisotopic (exact) mass is 409 g/mol. The Bertz CT molecular complexity index is 944. The zero-order chi connectivity index (χ0) is 21.2. The molecule has 3 rings (SSSR count). The van der Waals surface area contributed by atoms with Crippen molar-refractivity contribution in [1.29, 1.82) is 0 Å². The average molecular weight is 409 g/mol. The van der Waals surface area contributed by atoms with E-state index in [2.05, 4.69) is 20.9 Å². The Morgan fingerprint density at radius 3 is 3.03 bits per heavy atom. The Kier molecular flexibility index (Phi) is 5.83. The van der Waals surface area contributed by atoms with Gasteiger partial charge in [0.15, 0.2) is 29.4 Å². The van der Waals surface area contributed by atoms with Gasteiger partial charge in [-0.05, 0) is 13.8 Å². The van der Waals surface area contributed by atoms with Crippen molar-refractivity contribution in [3.63, 3.8) is 0 Å². The van der Waals surface area contributed by atoms with E-state index >= 15 is 0 Å². The van der Waals surface area contributed by atoms with Crippen molar-refractivity contribution in [1.82, 2.24) is 19.5 Å². The molecule has 0 radical (unpaired) electrons. The number of hydrogen-bond donors (Lipinski definition) is 2. The van der Waals surface area contributed by atoms with Crippen LogP contribution in [0.2, 0.25) is 0 Å². The van der Waals surface area contributed by atoms with Crippen LogP contribution < -0.4 is 5.73 Å². The number of carbonyl (C=O) groups is 1. The number of nitrogens with two attached hydrogens (primary N) is 1. The zero-order valence-electron chi connectivity index (χ0n) is 15.7. The van der Waals surface area contributed by atoms with Gasteiger partial charge < -0.3 is 29.8 Å². The molecule has 0 bridgehead atoms. The first-order valence-electron chi connectivity index (χ1n) is 8.66. The third kappa shape index (κ3) is 4.21. The Hall–Kier alpha value is -3.01. The highest BCUT2D eigenvalue weighted by Gasteiger charge is 2.48. The molecule has 2 aromatic rings. The standard InChI is InChI=1S/C17H20FN5O6/c1-4-17(6-26-8-27-16(25)28-9(2)3)10(24)5-11(29-17)23-7-20-12-13(19)21-15(18)22-14(12)23/h1,7,9-11,24H,5-6,8H2,2-3H3,(H2,19,21,22)/t10-,11+,17+/m0/s1. The van der Waals surface area contributed by atoms with Gasteiger partial charge >= 0.3 is 12.2 Å². The van der Waals surface area contributed by atoms with E-state index in [4.69, 9.17) is 31.1 Å². The third-order valence-corrected chi connectivity index (χ3v) is 4.19. The van der Waals surface area contributed by atoms with Gasteiger partial charge in [0.1, 0.15) is 12.3 Å². The number of nitrogen functional groups attached to an aromatic ring is 1. The molecule has 0 saturated carbocycles. The molecule has 29 heavy (non-hydrogen) atoms. The zero-order valence-corrected chi connectivity index (χ0v) is 15.7. The lowest BCUT2D eigenvalue weighted by molar-refractivity contribution is -0.133. The van der Waals surface area contributed by atoms with Crippen LogP contribution in [-0.4, -0.2) is 62.0 Å².